The van der Waals surface area contributed by atoms with Crippen molar-refractivity contribution in [3.63, 3.8) is 0 Å². The fraction of sp³-hybridized carbons (Fsp3) is 0.500. The summed E-state index contributed by atoms with van der Waals surface area (Å²) >= 11 is 0. The van der Waals surface area contributed by atoms with E-state index in [2.05, 4.69) is 16.9 Å². The average Bonchev–Trinajstić information content (AvgIpc) is 3.31. The van der Waals surface area contributed by atoms with E-state index in [1.54, 1.807) is 6.20 Å². The van der Waals surface area contributed by atoms with E-state index < -0.39 is 0 Å². The number of H-pyrrole nitrogens is 1. The monoisotopic (exact) mass is 311 g/mol. The quantitative estimate of drug-likeness (QED) is 0.925. The molecule has 5 nitrogen and oxygen atoms in total. The summed E-state index contributed by atoms with van der Waals surface area (Å²) in [5.41, 5.74) is 1.34. The molecule has 2 aliphatic rings. The van der Waals surface area contributed by atoms with Crippen LogP contribution in [0.4, 0.5) is 0 Å². The molecule has 2 atom stereocenters. The van der Waals surface area contributed by atoms with Crippen molar-refractivity contribution in [1.82, 2.24) is 14.9 Å². The number of aromatic amines is 1. The molecule has 2 aromatic rings. The molecular weight excluding hydrogens is 290 g/mol. The van der Waals surface area contributed by atoms with Crippen LogP contribution in [0.1, 0.15) is 37.8 Å². The molecule has 1 amide bonds. The molecule has 120 valence electrons. The first kappa shape index (κ1) is 14.4. The van der Waals surface area contributed by atoms with Crippen LogP contribution in [0.15, 0.2) is 29.2 Å². The minimum absolute atomic E-state index is 0.122. The number of rotatable bonds is 2. The highest BCUT2D eigenvalue weighted by molar-refractivity contribution is 5.81. The Labute approximate surface area is 134 Å². The molecule has 0 aromatic carbocycles. The molecule has 1 saturated carbocycles. The van der Waals surface area contributed by atoms with E-state index in [1.807, 2.05) is 23.1 Å². The van der Waals surface area contributed by atoms with Gasteiger partial charge in [-0.3, -0.25) is 14.6 Å². The number of fused-ring (bicyclic) bond motifs is 1. The first-order valence-corrected chi connectivity index (χ1v) is 8.40. The first-order valence-electron chi connectivity index (χ1n) is 8.40. The summed E-state index contributed by atoms with van der Waals surface area (Å²) in [5.74, 6) is 1.46. The maximum absolute atomic E-state index is 12.3. The van der Waals surface area contributed by atoms with Gasteiger partial charge in [-0.05, 0) is 37.3 Å². The molecule has 1 aliphatic carbocycles. The highest BCUT2D eigenvalue weighted by Gasteiger charge is 2.42. The summed E-state index contributed by atoms with van der Waals surface area (Å²) < 4.78 is 0. The molecule has 0 bridgehead atoms. The maximum atomic E-state index is 12.3. The number of nitrogens with zero attached hydrogens (tertiary/aromatic N) is 2. The van der Waals surface area contributed by atoms with Crippen molar-refractivity contribution in [2.45, 2.75) is 32.1 Å². The summed E-state index contributed by atoms with van der Waals surface area (Å²) in [4.78, 5) is 33.6. The zero-order chi connectivity index (χ0) is 16.0. The van der Waals surface area contributed by atoms with Crippen LogP contribution in [0.2, 0.25) is 0 Å². The molecule has 0 radical (unpaired) electrons. The van der Waals surface area contributed by atoms with Gasteiger partial charge in [0.1, 0.15) is 5.52 Å². The number of piperidine rings is 1. The molecule has 0 spiro atoms. The molecule has 3 heterocycles. The Morgan fingerprint density at radius 3 is 2.78 bits per heavy atom. The predicted molar refractivity (Wildman–Crippen MR) is 88.2 cm³/mol. The van der Waals surface area contributed by atoms with Gasteiger partial charge in [0.05, 0.1) is 0 Å². The van der Waals surface area contributed by atoms with Gasteiger partial charge in [-0.1, -0.05) is 13.0 Å². The van der Waals surface area contributed by atoms with E-state index in [1.165, 1.54) is 0 Å². The summed E-state index contributed by atoms with van der Waals surface area (Å²) in [6, 6.07) is 5.81. The lowest BCUT2D eigenvalue weighted by Gasteiger charge is -2.32. The normalized spacial score (nSPS) is 24.8. The fourth-order valence-electron chi connectivity index (χ4n) is 3.65. The SMILES string of the molecule is C[C@@H]1C[C@@H]1C(=O)N1CCC(c2cc3cccnc3c(=O)[nH]2)CC1. The Balaban J connectivity index is 1.50. The van der Waals surface area contributed by atoms with Gasteiger partial charge in [-0.25, -0.2) is 0 Å². The molecule has 1 aliphatic heterocycles. The zero-order valence-electron chi connectivity index (χ0n) is 13.3. The van der Waals surface area contributed by atoms with Gasteiger partial charge in [0.25, 0.3) is 5.56 Å². The second-order valence-corrected chi connectivity index (χ2v) is 6.91. The van der Waals surface area contributed by atoms with Crippen molar-refractivity contribution < 1.29 is 4.79 Å². The number of nitrogens with one attached hydrogen (secondary N) is 1. The molecule has 2 aromatic heterocycles. The Bertz CT molecular complexity index is 805. The molecule has 5 heteroatoms. The van der Waals surface area contributed by atoms with Crippen molar-refractivity contribution in [3.05, 3.63) is 40.4 Å². The van der Waals surface area contributed by atoms with Crippen molar-refractivity contribution >= 4 is 16.8 Å². The molecule has 1 saturated heterocycles. The molecular formula is C18H21N3O2. The number of hydrogen-bond donors (Lipinski definition) is 1. The number of amides is 1. The number of hydrogen-bond acceptors (Lipinski definition) is 3. The minimum Gasteiger partial charge on any atom is -0.342 e. The lowest BCUT2D eigenvalue weighted by Crippen LogP contribution is -2.39. The van der Waals surface area contributed by atoms with E-state index in [4.69, 9.17) is 0 Å². The largest absolute Gasteiger partial charge is 0.342 e. The van der Waals surface area contributed by atoms with Gasteiger partial charge in [-0.15, -0.1) is 0 Å². The first-order chi connectivity index (χ1) is 11.1. The molecule has 23 heavy (non-hydrogen) atoms. The van der Waals surface area contributed by atoms with E-state index >= 15 is 0 Å². The molecule has 1 N–H and O–H groups in total. The summed E-state index contributed by atoms with van der Waals surface area (Å²) in [6.07, 6.45) is 4.51. The standard InChI is InChI=1S/C18H21N3O2/c1-11-9-14(11)18(23)21-7-4-12(5-8-21)15-10-13-3-2-6-19-16(13)17(22)20-15/h2-3,6,10-12,14H,4-5,7-9H2,1H3,(H,20,22)/t11-,14+/m1/s1. The van der Waals surface area contributed by atoms with Crippen molar-refractivity contribution in [3.8, 4) is 0 Å². The average molecular weight is 311 g/mol. The van der Waals surface area contributed by atoms with E-state index in [9.17, 15) is 9.59 Å². The van der Waals surface area contributed by atoms with Crippen LogP contribution < -0.4 is 5.56 Å². The summed E-state index contributed by atoms with van der Waals surface area (Å²) in [6.45, 7) is 3.73. The second kappa shape index (κ2) is 5.48. The number of carbonyl (C=O) groups is 1. The maximum Gasteiger partial charge on any atom is 0.274 e. The van der Waals surface area contributed by atoms with Gasteiger partial charge in [0.15, 0.2) is 0 Å². The zero-order valence-corrected chi connectivity index (χ0v) is 13.3. The predicted octanol–water partition coefficient (Wildman–Crippen LogP) is 2.29. The number of carbonyl (C=O) groups excluding carboxylic acids is 1. The van der Waals surface area contributed by atoms with E-state index in [-0.39, 0.29) is 11.5 Å². The third kappa shape index (κ3) is 2.64. The highest BCUT2D eigenvalue weighted by atomic mass is 16.2. The molecule has 0 unspecified atom stereocenters. The minimum atomic E-state index is -0.122. The lowest BCUT2D eigenvalue weighted by molar-refractivity contribution is -0.133. The van der Waals surface area contributed by atoms with Crippen molar-refractivity contribution in [2.75, 3.05) is 13.1 Å². The smallest absolute Gasteiger partial charge is 0.274 e. The molecule has 2 fully saturated rings. The van der Waals surface area contributed by atoms with Crippen LogP contribution >= 0.6 is 0 Å². The van der Waals surface area contributed by atoms with Crippen LogP contribution in [0.5, 0.6) is 0 Å². The van der Waals surface area contributed by atoms with Crippen LogP contribution in [-0.4, -0.2) is 33.9 Å². The van der Waals surface area contributed by atoms with E-state index in [0.29, 0.717) is 23.3 Å². The van der Waals surface area contributed by atoms with Gasteiger partial charge < -0.3 is 9.88 Å². The number of aromatic nitrogens is 2. The van der Waals surface area contributed by atoms with Crippen LogP contribution in [-0.2, 0) is 4.79 Å². The van der Waals surface area contributed by atoms with Crippen LogP contribution in [0.3, 0.4) is 0 Å². The third-order valence-electron chi connectivity index (χ3n) is 5.30. The fourth-order valence-corrected chi connectivity index (χ4v) is 3.65. The van der Waals surface area contributed by atoms with Gasteiger partial charge in [0, 0.05) is 42.2 Å². The van der Waals surface area contributed by atoms with Gasteiger partial charge in [0.2, 0.25) is 5.91 Å². The topological polar surface area (TPSA) is 66.1 Å². The second-order valence-electron chi connectivity index (χ2n) is 6.91. The lowest BCUT2D eigenvalue weighted by atomic mass is 9.92. The third-order valence-corrected chi connectivity index (χ3v) is 5.30. The van der Waals surface area contributed by atoms with Crippen molar-refractivity contribution in [1.29, 1.82) is 0 Å². The van der Waals surface area contributed by atoms with Crippen LogP contribution in [0, 0.1) is 11.8 Å². The number of pyridine rings is 2. The number of likely N-dealkylation sites (tertiary alicyclic amines) is 1. The molecule has 4 rings (SSSR count). The Kier molecular flexibility index (Phi) is 3.43. The Morgan fingerprint density at radius 1 is 1.35 bits per heavy atom. The Hall–Kier alpha value is -2.17. The Morgan fingerprint density at radius 2 is 2.09 bits per heavy atom. The van der Waals surface area contributed by atoms with E-state index in [0.717, 1.165) is 43.4 Å². The van der Waals surface area contributed by atoms with Crippen LogP contribution in [0.25, 0.3) is 10.9 Å². The summed E-state index contributed by atoms with van der Waals surface area (Å²) in [5, 5.41) is 0.886. The highest BCUT2D eigenvalue weighted by Crippen LogP contribution is 2.40. The van der Waals surface area contributed by atoms with Gasteiger partial charge in [-0.2, -0.15) is 0 Å². The van der Waals surface area contributed by atoms with Gasteiger partial charge >= 0.3 is 0 Å². The summed E-state index contributed by atoms with van der Waals surface area (Å²) in [7, 11) is 0. The van der Waals surface area contributed by atoms with Crippen molar-refractivity contribution in [2.24, 2.45) is 11.8 Å².